The third-order valence-corrected chi connectivity index (χ3v) is 4.83. The van der Waals surface area contributed by atoms with Crippen molar-refractivity contribution in [2.75, 3.05) is 5.32 Å². The number of carbonyl (C=O) groups excluding carboxylic acids is 1. The molecule has 1 heterocycles. The minimum Gasteiger partial charge on any atom is -0.486 e. The highest BCUT2D eigenvalue weighted by Crippen LogP contribution is 2.24. The Balaban J connectivity index is 1.60. The number of anilines is 1. The number of rotatable bonds is 6. The van der Waals surface area contributed by atoms with Gasteiger partial charge in [-0.15, -0.1) is 0 Å². The highest BCUT2D eigenvalue weighted by atomic mass is 79.9. The molecule has 0 saturated heterocycles. The van der Waals surface area contributed by atoms with E-state index in [4.69, 9.17) is 16.3 Å². The highest BCUT2D eigenvalue weighted by molar-refractivity contribution is 9.10. The van der Waals surface area contributed by atoms with Crippen LogP contribution in [0.15, 0.2) is 59.3 Å². The molecule has 1 N–H and O–H groups in total. The van der Waals surface area contributed by atoms with Crippen LogP contribution in [0.2, 0.25) is 5.02 Å². The van der Waals surface area contributed by atoms with Crippen molar-refractivity contribution in [3.63, 3.8) is 0 Å². The number of ether oxygens (including phenoxy) is 1. The van der Waals surface area contributed by atoms with Gasteiger partial charge in [0.1, 0.15) is 6.61 Å². The Bertz CT molecular complexity index is 927. The Morgan fingerprint density at radius 1 is 1.27 bits per heavy atom. The molecule has 0 unspecified atom stereocenters. The molecule has 0 atom stereocenters. The Morgan fingerprint density at radius 2 is 2.08 bits per heavy atom. The smallest absolute Gasteiger partial charge is 0.228 e. The van der Waals surface area contributed by atoms with Crippen LogP contribution in [0.4, 0.5) is 5.69 Å². The van der Waals surface area contributed by atoms with Crippen molar-refractivity contribution in [2.45, 2.75) is 13.0 Å². The van der Waals surface area contributed by atoms with Crippen LogP contribution in [0, 0.1) is 0 Å². The largest absolute Gasteiger partial charge is 0.486 e. The van der Waals surface area contributed by atoms with Gasteiger partial charge >= 0.3 is 0 Å². The monoisotopic (exact) mass is 433 g/mol. The molecule has 5 nitrogen and oxygen atoms in total. The Morgan fingerprint density at radius 3 is 2.77 bits per heavy atom. The quantitative estimate of drug-likeness (QED) is 0.617. The minimum absolute atomic E-state index is 0.121. The summed E-state index contributed by atoms with van der Waals surface area (Å²) in [4.78, 5) is 12.2. The van der Waals surface area contributed by atoms with E-state index in [0.717, 1.165) is 15.6 Å². The van der Waals surface area contributed by atoms with E-state index in [0.29, 0.717) is 23.1 Å². The second-order valence-electron chi connectivity index (χ2n) is 5.76. The third kappa shape index (κ3) is 4.86. The fraction of sp³-hybridized carbons (Fsp3) is 0.158. The van der Waals surface area contributed by atoms with Crippen molar-refractivity contribution < 1.29 is 9.53 Å². The predicted octanol–water partition coefficient (Wildman–Crippen LogP) is 4.60. The minimum atomic E-state index is -0.121. The van der Waals surface area contributed by atoms with Gasteiger partial charge in [-0.3, -0.25) is 9.48 Å². The summed E-state index contributed by atoms with van der Waals surface area (Å²) < 4.78 is 8.23. The topological polar surface area (TPSA) is 56.1 Å². The number of hydrogen-bond donors (Lipinski definition) is 1. The zero-order valence-electron chi connectivity index (χ0n) is 14.1. The van der Waals surface area contributed by atoms with E-state index in [1.807, 2.05) is 43.4 Å². The molecule has 0 aliphatic heterocycles. The lowest BCUT2D eigenvalue weighted by Crippen LogP contribution is -2.14. The molecule has 3 aromatic rings. The highest BCUT2D eigenvalue weighted by Gasteiger charge is 2.09. The number of carbonyl (C=O) groups is 1. The van der Waals surface area contributed by atoms with Gasteiger partial charge in [0.15, 0.2) is 5.75 Å². The molecule has 134 valence electrons. The lowest BCUT2D eigenvalue weighted by atomic mass is 10.1. The fourth-order valence-corrected chi connectivity index (χ4v) is 3.09. The molecule has 0 aliphatic carbocycles. The summed E-state index contributed by atoms with van der Waals surface area (Å²) in [6, 6.07) is 12.9. The normalized spacial score (nSPS) is 10.6. The Hall–Kier alpha value is -2.31. The summed E-state index contributed by atoms with van der Waals surface area (Å²) in [6.07, 6.45) is 3.69. The molecule has 0 radical (unpaired) electrons. The van der Waals surface area contributed by atoms with Crippen molar-refractivity contribution in [1.29, 1.82) is 0 Å². The van der Waals surface area contributed by atoms with Gasteiger partial charge in [0, 0.05) is 27.8 Å². The predicted molar refractivity (Wildman–Crippen MR) is 105 cm³/mol. The maximum atomic E-state index is 12.2. The average Bonchev–Trinajstić information content (AvgIpc) is 3.01. The Kier molecular flexibility index (Phi) is 5.96. The van der Waals surface area contributed by atoms with Crippen LogP contribution in [0.5, 0.6) is 5.75 Å². The first-order chi connectivity index (χ1) is 12.5. The Labute approximate surface area is 165 Å². The molecule has 0 spiro atoms. The van der Waals surface area contributed by atoms with Gasteiger partial charge in [-0.2, -0.15) is 5.10 Å². The molecule has 0 saturated carbocycles. The number of benzene rings is 2. The van der Waals surface area contributed by atoms with Crippen LogP contribution in [0.25, 0.3) is 0 Å². The molecular weight excluding hydrogens is 418 g/mol. The van der Waals surface area contributed by atoms with E-state index in [2.05, 4.69) is 26.3 Å². The first kappa shape index (κ1) is 18.5. The molecule has 1 aromatic heterocycles. The van der Waals surface area contributed by atoms with Gasteiger partial charge in [-0.1, -0.05) is 51.8 Å². The van der Waals surface area contributed by atoms with Gasteiger partial charge in [0.25, 0.3) is 0 Å². The molecule has 26 heavy (non-hydrogen) atoms. The zero-order valence-corrected chi connectivity index (χ0v) is 16.4. The summed E-state index contributed by atoms with van der Waals surface area (Å²) in [5.41, 5.74) is 2.48. The van der Waals surface area contributed by atoms with E-state index in [1.165, 1.54) is 0 Å². The van der Waals surface area contributed by atoms with Gasteiger partial charge in [-0.05, 0) is 23.8 Å². The van der Waals surface area contributed by atoms with Crippen molar-refractivity contribution in [3.05, 3.63) is 75.5 Å². The van der Waals surface area contributed by atoms with Crippen molar-refractivity contribution in [3.8, 4) is 5.75 Å². The van der Waals surface area contributed by atoms with Crippen LogP contribution in [-0.2, 0) is 24.9 Å². The van der Waals surface area contributed by atoms with E-state index >= 15 is 0 Å². The van der Waals surface area contributed by atoms with Crippen LogP contribution in [0.3, 0.4) is 0 Å². The summed E-state index contributed by atoms with van der Waals surface area (Å²) in [6.45, 7) is 0.403. The second-order valence-corrected chi connectivity index (χ2v) is 7.02. The maximum absolute atomic E-state index is 12.2. The first-order valence-electron chi connectivity index (χ1n) is 7.94. The molecule has 2 aromatic carbocycles. The number of hydrogen-bond acceptors (Lipinski definition) is 3. The van der Waals surface area contributed by atoms with E-state index < -0.39 is 0 Å². The van der Waals surface area contributed by atoms with Gasteiger partial charge < -0.3 is 10.1 Å². The van der Waals surface area contributed by atoms with Crippen molar-refractivity contribution in [1.82, 2.24) is 9.78 Å². The van der Waals surface area contributed by atoms with Crippen molar-refractivity contribution >= 4 is 39.1 Å². The molecule has 0 aliphatic rings. The molecule has 1 amide bonds. The molecular formula is C19H17BrClN3O2. The lowest BCUT2D eigenvalue weighted by Gasteiger charge is -2.10. The van der Waals surface area contributed by atoms with E-state index in [-0.39, 0.29) is 12.3 Å². The zero-order chi connectivity index (χ0) is 18.5. The summed E-state index contributed by atoms with van der Waals surface area (Å²) in [5.74, 6) is 0.584. The standard InChI is InChI=1S/C19H17BrClN3O2/c1-24-11-16(10-22-24)26-12-14-6-7-15(9-17(14)20)23-19(25)8-13-4-2-3-5-18(13)21/h2-7,9-11H,8,12H2,1H3,(H,23,25). The van der Waals surface area contributed by atoms with E-state index in [9.17, 15) is 4.79 Å². The molecule has 0 bridgehead atoms. The van der Waals surface area contributed by atoms with E-state index in [1.54, 1.807) is 23.1 Å². The van der Waals surface area contributed by atoms with Gasteiger partial charge in [0.05, 0.1) is 18.8 Å². The number of halogens is 2. The number of amides is 1. The van der Waals surface area contributed by atoms with Crippen LogP contribution in [-0.4, -0.2) is 15.7 Å². The fourth-order valence-electron chi connectivity index (χ4n) is 2.40. The number of nitrogens with one attached hydrogen (secondary N) is 1. The van der Waals surface area contributed by atoms with Crippen molar-refractivity contribution in [2.24, 2.45) is 7.05 Å². The number of aryl methyl sites for hydroxylation is 1. The second kappa shape index (κ2) is 8.38. The number of nitrogens with zero attached hydrogens (tertiary/aromatic N) is 2. The first-order valence-corrected chi connectivity index (χ1v) is 9.11. The third-order valence-electron chi connectivity index (χ3n) is 3.72. The maximum Gasteiger partial charge on any atom is 0.228 e. The summed E-state index contributed by atoms with van der Waals surface area (Å²) in [7, 11) is 1.84. The SMILES string of the molecule is Cn1cc(OCc2ccc(NC(=O)Cc3ccccc3Cl)cc2Br)cn1. The summed E-state index contributed by atoms with van der Waals surface area (Å²) in [5, 5.41) is 7.53. The molecule has 3 rings (SSSR count). The lowest BCUT2D eigenvalue weighted by molar-refractivity contribution is -0.115. The molecule has 7 heteroatoms. The number of aromatic nitrogens is 2. The molecule has 0 fully saturated rings. The van der Waals surface area contributed by atoms with Crippen LogP contribution < -0.4 is 10.1 Å². The summed E-state index contributed by atoms with van der Waals surface area (Å²) >= 11 is 9.62. The van der Waals surface area contributed by atoms with Crippen LogP contribution >= 0.6 is 27.5 Å². The van der Waals surface area contributed by atoms with Crippen LogP contribution in [0.1, 0.15) is 11.1 Å². The van der Waals surface area contributed by atoms with Gasteiger partial charge in [0.2, 0.25) is 5.91 Å². The average molecular weight is 435 g/mol. The van der Waals surface area contributed by atoms with Gasteiger partial charge in [-0.25, -0.2) is 0 Å².